The van der Waals surface area contributed by atoms with Gasteiger partial charge in [-0.05, 0) is 22.0 Å². The maximum absolute atomic E-state index is 12.2. The fraction of sp³-hybridized carbons (Fsp3) is 0.100. The van der Waals surface area contributed by atoms with Crippen LogP contribution < -0.4 is 4.74 Å². The van der Waals surface area contributed by atoms with E-state index in [1.165, 1.54) is 12.1 Å². The van der Waals surface area contributed by atoms with Gasteiger partial charge in [-0.2, -0.15) is 8.78 Å². The number of rotatable bonds is 3. The van der Waals surface area contributed by atoms with Gasteiger partial charge in [-0.1, -0.05) is 12.1 Å². The third-order valence-corrected chi connectivity index (χ3v) is 2.07. The molecule has 5 nitrogen and oxygen atoms in total. The summed E-state index contributed by atoms with van der Waals surface area (Å²) in [7, 11) is 0. The Labute approximate surface area is 93.8 Å². The number of benzene rings is 1. The van der Waals surface area contributed by atoms with Crippen LogP contribution in [0.1, 0.15) is 0 Å². The molecule has 0 bridgehead atoms. The Bertz CT molecular complexity index is 574. The van der Waals surface area contributed by atoms with Crippen LogP contribution in [0.25, 0.3) is 10.9 Å². The van der Waals surface area contributed by atoms with Crippen LogP contribution in [-0.4, -0.2) is 16.5 Å². The van der Waals surface area contributed by atoms with Crippen molar-refractivity contribution in [2.24, 2.45) is 0 Å². The number of aromatic nitrogens is 1. The first kappa shape index (κ1) is 11.2. The van der Waals surface area contributed by atoms with Crippen LogP contribution in [0, 0.1) is 10.1 Å². The quantitative estimate of drug-likeness (QED) is 0.611. The van der Waals surface area contributed by atoms with Gasteiger partial charge in [-0.3, -0.25) is 0 Å². The van der Waals surface area contributed by atoms with Crippen LogP contribution >= 0.6 is 0 Å². The van der Waals surface area contributed by atoms with Crippen molar-refractivity contribution in [3.63, 3.8) is 0 Å². The molecule has 0 aliphatic heterocycles. The standard InChI is InChI=1S/C10H6F2N2O3/c11-10(12)17-8-5-9(14(15)16)13-7-4-2-1-3-6(7)8/h1-5,10H. The van der Waals surface area contributed by atoms with E-state index in [0.717, 1.165) is 6.07 Å². The van der Waals surface area contributed by atoms with E-state index in [1.54, 1.807) is 12.1 Å². The third-order valence-electron chi connectivity index (χ3n) is 2.07. The highest BCUT2D eigenvalue weighted by molar-refractivity contribution is 5.86. The van der Waals surface area contributed by atoms with Gasteiger partial charge in [0.25, 0.3) is 0 Å². The fourth-order valence-corrected chi connectivity index (χ4v) is 1.42. The normalized spacial score (nSPS) is 10.8. The van der Waals surface area contributed by atoms with Gasteiger partial charge in [0, 0.05) is 0 Å². The zero-order valence-electron chi connectivity index (χ0n) is 8.34. The van der Waals surface area contributed by atoms with Crippen molar-refractivity contribution in [3.8, 4) is 5.75 Å². The first-order valence-electron chi connectivity index (χ1n) is 4.57. The maximum Gasteiger partial charge on any atom is 0.387 e. The van der Waals surface area contributed by atoms with E-state index in [2.05, 4.69) is 9.72 Å². The van der Waals surface area contributed by atoms with Gasteiger partial charge in [0.2, 0.25) is 0 Å². The number of hydrogen-bond donors (Lipinski definition) is 0. The average Bonchev–Trinajstić information content (AvgIpc) is 2.28. The number of fused-ring (bicyclic) bond motifs is 1. The number of para-hydroxylation sites is 1. The number of hydrogen-bond acceptors (Lipinski definition) is 4. The molecular weight excluding hydrogens is 234 g/mol. The van der Waals surface area contributed by atoms with Gasteiger partial charge in [0.05, 0.1) is 11.5 Å². The first-order valence-corrected chi connectivity index (χ1v) is 4.57. The van der Waals surface area contributed by atoms with Crippen LogP contribution in [0.15, 0.2) is 30.3 Å². The number of alkyl halides is 2. The lowest BCUT2D eigenvalue weighted by molar-refractivity contribution is -0.389. The number of halogens is 2. The Balaban J connectivity index is 2.64. The molecule has 88 valence electrons. The van der Waals surface area contributed by atoms with Gasteiger partial charge in [0.15, 0.2) is 5.52 Å². The molecule has 17 heavy (non-hydrogen) atoms. The summed E-state index contributed by atoms with van der Waals surface area (Å²) in [5, 5.41) is 10.9. The Hall–Kier alpha value is -2.31. The minimum atomic E-state index is -3.04. The second-order valence-corrected chi connectivity index (χ2v) is 3.13. The van der Waals surface area contributed by atoms with Crippen molar-refractivity contribution in [3.05, 3.63) is 40.4 Å². The number of pyridine rings is 1. The molecule has 0 fully saturated rings. The highest BCUT2D eigenvalue weighted by Crippen LogP contribution is 2.29. The Morgan fingerprint density at radius 2 is 2.06 bits per heavy atom. The maximum atomic E-state index is 12.2. The van der Waals surface area contributed by atoms with E-state index >= 15 is 0 Å². The van der Waals surface area contributed by atoms with Crippen LogP contribution in [0.2, 0.25) is 0 Å². The molecular formula is C10H6F2N2O3. The molecule has 2 rings (SSSR count). The van der Waals surface area contributed by atoms with Gasteiger partial charge in [0.1, 0.15) is 5.75 Å². The second kappa shape index (κ2) is 4.28. The molecule has 1 aromatic heterocycles. The lowest BCUT2D eigenvalue weighted by Crippen LogP contribution is -2.04. The molecule has 2 aromatic rings. The van der Waals surface area contributed by atoms with Gasteiger partial charge < -0.3 is 14.9 Å². The zero-order valence-corrected chi connectivity index (χ0v) is 8.34. The summed E-state index contributed by atoms with van der Waals surface area (Å²) in [6, 6.07) is 7.08. The van der Waals surface area contributed by atoms with Crippen molar-refractivity contribution >= 4 is 16.7 Å². The van der Waals surface area contributed by atoms with Crippen LogP contribution in [0.5, 0.6) is 5.75 Å². The molecule has 0 saturated carbocycles. The van der Waals surface area contributed by atoms with Gasteiger partial charge >= 0.3 is 12.4 Å². The van der Waals surface area contributed by atoms with E-state index in [1.807, 2.05) is 0 Å². The molecule has 0 aliphatic carbocycles. The van der Waals surface area contributed by atoms with Gasteiger partial charge in [-0.25, -0.2) is 0 Å². The monoisotopic (exact) mass is 240 g/mol. The Morgan fingerprint density at radius 3 is 2.71 bits per heavy atom. The lowest BCUT2D eigenvalue weighted by Gasteiger charge is -2.06. The minimum Gasteiger partial charge on any atom is -0.434 e. The van der Waals surface area contributed by atoms with Gasteiger partial charge in [-0.15, -0.1) is 0 Å². The van der Waals surface area contributed by atoms with E-state index in [9.17, 15) is 18.9 Å². The Morgan fingerprint density at radius 1 is 1.35 bits per heavy atom. The van der Waals surface area contributed by atoms with Crippen molar-refractivity contribution in [2.45, 2.75) is 6.61 Å². The fourth-order valence-electron chi connectivity index (χ4n) is 1.42. The lowest BCUT2D eigenvalue weighted by atomic mass is 10.2. The summed E-state index contributed by atoms with van der Waals surface area (Å²) in [5.41, 5.74) is 0.234. The summed E-state index contributed by atoms with van der Waals surface area (Å²) in [5.74, 6) is -0.781. The number of nitro groups is 1. The highest BCUT2D eigenvalue weighted by atomic mass is 19.3. The minimum absolute atomic E-state index is 0.234. The summed E-state index contributed by atoms with van der Waals surface area (Å²) >= 11 is 0. The number of nitrogens with zero attached hydrogens (tertiary/aromatic N) is 2. The molecule has 0 aliphatic rings. The van der Waals surface area contributed by atoms with Crippen LogP contribution in [-0.2, 0) is 0 Å². The highest BCUT2D eigenvalue weighted by Gasteiger charge is 2.17. The molecule has 0 unspecified atom stereocenters. The Kier molecular flexibility index (Phi) is 2.82. The largest absolute Gasteiger partial charge is 0.434 e. The molecule has 0 saturated heterocycles. The first-order chi connectivity index (χ1) is 8.08. The van der Waals surface area contributed by atoms with Crippen molar-refractivity contribution < 1.29 is 18.4 Å². The molecule has 1 heterocycles. The zero-order chi connectivity index (χ0) is 12.4. The predicted octanol–water partition coefficient (Wildman–Crippen LogP) is 2.74. The van der Waals surface area contributed by atoms with E-state index in [-0.39, 0.29) is 11.3 Å². The number of ether oxygens (including phenoxy) is 1. The van der Waals surface area contributed by atoms with Crippen molar-refractivity contribution in [1.82, 2.24) is 4.98 Å². The second-order valence-electron chi connectivity index (χ2n) is 3.13. The van der Waals surface area contributed by atoms with E-state index < -0.39 is 17.4 Å². The summed E-state index contributed by atoms with van der Waals surface area (Å²) in [6.45, 7) is -3.04. The summed E-state index contributed by atoms with van der Waals surface area (Å²) < 4.78 is 28.6. The molecule has 0 amide bonds. The van der Waals surface area contributed by atoms with Crippen LogP contribution in [0.3, 0.4) is 0 Å². The predicted molar refractivity (Wildman–Crippen MR) is 55.0 cm³/mol. The van der Waals surface area contributed by atoms with E-state index in [0.29, 0.717) is 5.39 Å². The molecule has 0 atom stereocenters. The third kappa shape index (κ3) is 2.27. The summed E-state index contributed by atoms with van der Waals surface area (Å²) in [4.78, 5) is 13.5. The molecule has 0 radical (unpaired) electrons. The topological polar surface area (TPSA) is 65.3 Å². The smallest absolute Gasteiger partial charge is 0.387 e. The average molecular weight is 240 g/mol. The van der Waals surface area contributed by atoms with Crippen molar-refractivity contribution in [1.29, 1.82) is 0 Å². The SMILES string of the molecule is O=[N+]([O-])c1cc(OC(F)F)c2ccccc2n1. The van der Waals surface area contributed by atoms with E-state index in [4.69, 9.17) is 0 Å². The molecule has 1 aromatic carbocycles. The molecule has 0 N–H and O–H groups in total. The summed E-state index contributed by atoms with van der Waals surface area (Å²) in [6.07, 6.45) is 0. The van der Waals surface area contributed by atoms with Crippen molar-refractivity contribution in [2.75, 3.05) is 0 Å². The molecule has 0 spiro atoms. The van der Waals surface area contributed by atoms with Crippen LogP contribution in [0.4, 0.5) is 14.6 Å². The molecule has 7 heteroatoms.